The molecule has 0 aliphatic rings. The Balaban J connectivity index is 2.67. The van der Waals surface area contributed by atoms with Gasteiger partial charge in [-0.1, -0.05) is 6.92 Å². The van der Waals surface area contributed by atoms with E-state index in [1.165, 1.54) is 6.20 Å². The lowest BCUT2D eigenvalue weighted by atomic mass is 10.2. The molecule has 0 aromatic carbocycles. The molecule has 0 aliphatic carbocycles. The Labute approximate surface area is 114 Å². The lowest BCUT2D eigenvalue weighted by Crippen LogP contribution is -2.39. The highest BCUT2D eigenvalue weighted by Crippen LogP contribution is 2.08. The van der Waals surface area contributed by atoms with Gasteiger partial charge < -0.3 is 10.0 Å². The summed E-state index contributed by atoms with van der Waals surface area (Å²) in [6.45, 7) is 6.98. The summed E-state index contributed by atoms with van der Waals surface area (Å²) in [5, 5.41) is 8.84. The van der Waals surface area contributed by atoms with Crippen LogP contribution in [0.4, 0.5) is 0 Å². The molecule has 0 aliphatic heterocycles. The molecule has 5 nitrogen and oxygen atoms in total. The third kappa shape index (κ3) is 4.96. The number of hydrogen-bond acceptors (Lipinski definition) is 4. The molecule has 1 aromatic rings. The summed E-state index contributed by atoms with van der Waals surface area (Å²) in [4.78, 5) is 19.5. The van der Waals surface area contributed by atoms with E-state index >= 15 is 0 Å². The number of pyridine rings is 1. The highest BCUT2D eigenvalue weighted by molar-refractivity contribution is 5.87. The standard InChI is InChI=1S/C14H23N3O2/c1-5-17(11(2)9-16(3)4)10-13-7-6-12(8-15-13)14(18)19/h6-8,11H,5,9-10H2,1-4H3,(H,18,19). The van der Waals surface area contributed by atoms with E-state index in [0.717, 1.165) is 25.3 Å². The molecule has 0 spiro atoms. The van der Waals surface area contributed by atoms with Crippen molar-refractivity contribution in [3.05, 3.63) is 29.6 Å². The molecule has 5 heteroatoms. The molecule has 0 saturated carbocycles. The van der Waals surface area contributed by atoms with Gasteiger partial charge in [-0.2, -0.15) is 0 Å². The van der Waals surface area contributed by atoms with Crippen molar-refractivity contribution in [2.75, 3.05) is 27.2 Å². The first-order valence-electron chi connectivity index (χ1n) is 6.51. The van der Waals surface area contributed by atoms with Gasteiger partial charge in [0.05, 0.1) is 11.3 Å². The molecular formula is C14H23N3O2. The first kappa shape index (κ1) is 15.6. The van der Waals surface area contributed by atoms with E-state index in [9.17, 15) is 4.79 Å². The third-order valence-electron chi connectivity index (χ3n) is 3.10. The van der Waals surface area contributed by atoms with Gasteiger partial charge in [-0.25, -0.2) is 4.79 Å². The Morgan fingerprint density at radius 3 is 2.53 bits per heavy atom. The Hall–Kier alpha value is -1.46. The van der Waals surface area contributed by atoms with Crippen LogP contribution in [-0.4, -0.2) is 59.1 Å². The third-order valence-corrected chi connectivity index (χ3v) is 3.10. The van der Waals surface area contributed by atoms with Gasteiger partial charge in [-0.15, -0.1) is 0 Å². The molecule has 0 radical (unpaired) electrons. The Kier molecular flexibility index (Phi) is 5.92. The molecule has 106 valence electrons. The van der Waals surface area contributed by atoms with E-state index in [2.05, 4.69) is 42.7 Å². The number of nitrogens with zero attached hydrogens (tertiary/aromatic N) is 3. The lowest BCUT2D eigenvalue weighted by molar-refractivity contribution is 0.0696. The topological polar surface area (TPSA) is 56.7 Å². The fourth-order valence-corrected chi connectivity index (χ4v) is 2.08. The molecule has 0 bridgehead atoms. The number of aromatic carboxylic acids is 1. The summed E-state index contributed by atoms with van der Waals surface area (Å²) >= 11 is 0. The molecule has 0 amide bonds. The fourth-order valence-electron chi connectivity index (χ4n) is 2.08. The molecule has 1 aromatic heterocycles. The van der Waals surface area contributed by atoms with Crippen LogP contribution in [0, 0.1) is 0 Å². The molecule has 0 saturated heterocycles. The van der Waals surface area contributed by atoms with Gasteiger partial charge in [-0.3, -0.25) is 9.88 Å². The van der Waals surface area contributed by atoms with Crippen molar-refractivity contribution in [2.45, 2.75) is 26.4 Å². The van der Waals surface area contributed by atoms with Crippen LogP contribution >= 0.6 is 0 Å². The smallest absolute Gasteiger partial charge is 0.337 e. The summed E-state index contributed by atoms with van der Waals surface area (Å²) in [5.74, 6) is -0.938. The predicted molar refractivity (Wildman–Crippen MR) is 75.3 cm³/mol. The second kappa shape index (κ2) is 7.21. The maximum absolute atomic E-state index is 10.8. The Bertz CT molecular complexity index is 404. The second-order valence-electron chi connectivity index (χ2n) is 5.02. The number of rotatable bonds is 7. The van der Waals surface area contributed by atoms with E-state index in [0.29, 0.717) is 6.04 Å². The first-order chi connectivity index (χ1) is 8.93. The molecule has 1 N–H and O–H groups in total. The fraction of sp³-hybridized carbons (Fsp3) is 0.571. The number of carboxylic acids is 1. The van der Waals surface area contributed by atoms with Crippen LogP contribution in [0.3, 0.4) is 0 Å². The minimum absolute atomic E-state index is 0.230. The number of likely N-dealkylation sites (N-methyl/N-ethyl adjacent to an activating group) is 2. The van der Waals surface area contributed by atoms with Gasteiger partial charge >= 0.3 is 5.97 Å². The highest BCUT2D eigenvalue weighted by Gasteiger charge is 2.14. The first-order valence-corrected chi connectivity index (χ1v) is 6.51. The van der Waals surface area contributed by atoms with E-state index in [-0.39, 0.29) is 5.56 Å². The maximum Gasteiger partial charge on any atom is 0.337 e. The summed E-state index contributed by atoms with van der Waals surface area (Å²) in [5.41, 5.74) is 1.13. The summed E-state index contributed by atoms with van der Waals surface area (Å²) < 4.78 is 0. The molecule has 19 heavy (non-hydrogen) atoms. The lowest BCUT2D eigenvalue weighted by Gasteiger charge is -2.29. The molecule has 0 fully saturated rings. The van der Waals surface area contributed by atoms with E-state index in [1.807, 2.05) is 0 Å². The average Bonchev–Trinajstić information content (AvgIpc) is 2.35. The van der Waals surface area contributed by atoms with Gasteiger partial charge in [0.1, 0.15) is 0 Å². The minimum atomic E-state index is -0.938. The van der Waals surface area contributed by atoms with E-state index in [4.69, 9.17) is 5.11 Å². The van der Waals surface area contributed by atoms with Crippen molar-refractivity contribution in [3.8, 4) is 0 Å². The quantitative estimate of drug-likeness (QED) is 0.810. The summed E-state index contributed by atoms with van der Waals surface area (Å²) in [6.07, 6.45) is 1.42. The van der Waals surface area contributed by atoms with Crippen molar-refractivity contribution >= 4 is 5.97 Å². The zero-order valence-corrected chi connectivity index (χ0v) is 12.1. The van der Waals surface area contributed by atoms with Crippen LogP contribution in [0.25, 0.3) is 0 Å². The SMILES string of the molecule is CCN(Cc1ccc(C(=O)O)cn1)C(C)CN(C)C. The van der Waals surface area contributed by atoms with Crippen LogP contribution in [0.2, 0.25) is 0 Å². The van der Waals surface area contributed by atoms with Crippen LogP contribution in [-0.2, 0) is 6.54 Å². The normalized spacial score (nSPS) is 12.9. The second-order valence-corrected chi connectivity index (χ2v) is 5.02. The van der Waals surface area contributed by atoms with Crippen molar-refractivity contribution < 1.29 is 9.90 Å². The van der Waals surface area contributed by atoms with Crippen LogP contribution < -0.4 is 0 Å². The largest absolute Gasteiger partial charge is 0.478 e. The molecule has 1 unspecified atom stereocenters. The van der Waals surface area contributed by atoms with Crippen molar-refractivity contribution in [1.82, 2.24) is 14.8 Å². The Morgan fingerprint density at radius 2 is 2.11 bits per heavy atom. The number of hydrogen-bond donors (Lipinski definition) is 1. The Morgan fingerprint density at radius 1 is 1.42 bits per heavy atom. The van der Waals surface area contributed by atoms with Crippen LogP contribution in [0.15, 0.2) is 18.3 Å². The van der Waals surface area contributed by atoms with Crippen LogP contribution in [0.5, 0.6) is 0 Å². The highest BCUT2D eigenvalue weighted by atomic mass is 16.4. The molecule has 1 atom stereocenters. The van der Waals surface area contributed by atoms with Gasteiger partial charge in [0.25, 0.3) is 0 Å². The predicted octanol–water partition coefficient (Wildman–Crippen LogP) is 1.55. The number of aromatic nitrogens is 1. The van der Waals surface area contributed by atoms with Crippen molar-refractivity contribution in [2.24, 2.45) is 0 Å². The molecule has 1 rings (SSSR count). The average molecular weight is 265 g/mol. The summed E-state index contributed by atoms with van der Waals surface area (Å²) in [7, 11) is 4.12. The maximum atomic E-state index is 10.8. The van der Waals surface area contributed by atoms with Gasteiger partial charge in [-0.05, 0) is 39.7 Å². The van der Waals surface area contributed by atoms with Gasteiger partial charge in [0.15, 0.2) is 0 Å². The number of carboxylic acid groups (broad SMARTS) is 1. The minimum Gasteiger partial charge on any atom is -0.478 e. The number of carbonyl (C=O) groups is 1. The van der Waals surface area contributed by atoms with E-state index < -0.39 is 5.97 Å². The zero-order valence-electron chi connectivity index (χ0n) is 12.1. The van der Waals surface area contributed by atoms with Crippen molar-refractivity contribution in [3.63, 3.8) is 0 Å². The molecule has 1 heterocycles. The summed E-state index contributed by atoms with van der Waals surface area (Å²) in [6, 6.07) is 3.82. The van der Waals surface area contributed by atoms with Gasteiger partial charge in [0.2, 0.25) is 0 Å². The van der Waals surface area contributed by atoms with E-state index in [1.54, 1.807) is 12.1 Å². The van der Waals surface area contributed by atoms with Crippen molar-refractivity contribution in [1.29, 1.82) is 0 Å². The monoisotopic (exact) mass is 265 g/mol. The van der Waals surface area contributed by atoms with Gasteiger partial charge in [0, 0.05) is 25.3 Å². The molecular weight excluding hydrogens is 242 g/mol. The zero-order chi connectivity index (χ0) is 14.4. The van der Waals surface area contributed by atoms with Crippen LogP contribution in [0.1, 0.15) is 29.9 Å².